The molecule has 23 heavy (non-hydrogen) atoms. The van der Waals surface area contributed by atoms with Crippen LogP contribution in [-0.4, -0.2) is 68.3 Å². The number of ether oxygens (including phenoxy) is 3. The highest BCUT2D eigenvalue weighted by atomic mass is 16.6. The molecule has 1 aromatic rings. The van der Waals surface area contributed by atoms with E-state index in [0.29, 0.717) is 44.3 Å². The molecule has 2 amide bonds. The highest BCUT2D eigenvalue weighted by Crippen LogP contribution is 2.18. The second kappa shape index (κ2) is 8.26. The van der Waals surface area contributed by atoms with Crippen LogP contribution in [0.15, 0.2) is 24.3 Å². The molecule has 2 rings (SSSR count). The molecule has 0 atom stereocenters. The molecule has 1 heterocycles. The number of hydrogen-bond donors (Lipinski definition) is 0. The molecule has 0 saturated carbocycles. The third-order valence-corrected chi connectivity index (χ3v) is 3.56. The minimum atomic E-state index is -0.327. The quantitative estimate of drug-likeness (QED) is 0.819. The summed E-state index contributed by atoms with van der Waals surface area (Å²) < 4.78 is 15.6. The van der Waals surface area contributed by atoms with Gasteiger partial charge in [-0.2, -0.15) is 0 Å². The first-order valence-electron chi connectivity index (χ1n) is 7.60. The first-order chi connectivity index (χ1) is 11.1. The maximum atomic E-state index is 12.2. The smallest absolute Gasteiger partial charge is 0.409 e. The van der Waals surface area contributed by atoms with Gasteiger partial charge in [0, 0.05) is 32.2 Å². The predicted octanol–water partition coefficient (Wildman–Crippen LogP) is 1.37. The number of rotatable bonds is 5. The summed E-state index contributed by atoms with van der Waals surface area (Å²) in [6.07, 6.45) is -0.327. The van der Waals surface area contributed by atoms with Crippen LogP contribution in [-0.2, 0) is 9.53 Å². The van der Waals surface area contributed by atoms with Crippen LogP contribution in [0.4, 0.5) is 4.79 Å². The zero-order valence-electron chi connectivity index (χ0n) is 13.5. The van der Waals surface area contributed by atoms with E-state index in [1.165, 1.54) is 0 Å². The Bertz CT molecular complexity index is 541. The summed E-state index contributed by atoms with van der Waals surface area (Å²) in [6.45, 7) is 4.01. The molecule has 0 radical (unpaired) electrons. The zero-order valence-corrected chi connectivity index (χ0v) is 13.5. The van der Waals surface area contributed by atoms with Crippen LogP contribution in [0.2, 0.25) is 0 Å². The van der Waals surface area contributed by atoms with Gasteiger partial charge in [0.15, 0.2) is 6.61 Å². The summed E-state index contributed by atoms with van der Waals surface area (Å²) >= 11 is 0. The van der Waals surface area contributed by atoms with Crippen LogP contribution in [0.3, 0.4) is 0 Å². The zero-order chi connectivity index (χ0) is 16.7. The molecular formula is C16H22N2O5. The van der Waals surface area contributed by atoms with E-state index >= 15 is 0 Å². The minimum Gasteiger partial charge on any atom is -0.497 e. The van der Waals surface area contributed by atoms with Crippen molar-refractivity contribution in [3.05, 3.63) is 24.3 Å². The molecule has 0 spiro atoms. The lowest BCUT2D eigenvalue weighted by atomic mass is 10.3. The Labute approximate surface area is 135 Å². The Morgan fingerprint density at radius 2 is 1.74 bits per heavy atom. The van der Waals surface area contributed by atoms with Gasteiger partial charge in [-0.1, -0.05) is 6.07 Å². The third kappa shape index (κ3) is 4.77. The van der Waals surface area contributed by atoms with E-state index in [1.54, 1.807) is 42.0 Å². The number of benzene rings is 1. The predicted molar refractivity (Wildman–Crippen MR) is 83.7 cm³/mol. The van der Waals surface area contributed by atoms with Gasteiger partial charge in [-0.3, -0.25) is 4.79 Å². The van der Waals surface area contributed by atoms with Gasteiger partial charge in [-0.05, 0) is 19.1 Å². The van der Waals surface area contributed by atoms with E-state index in [-0.39, 0.29) is 18.6 Å². The Kier molecular flexibility index (Phi) is 6.08. The van der Waals surface area contributed by atoms with Crippen molar-refractivity contribution in [1.82, 2.24) is 9.80 Å². The van der Waals surface area contributed by atoms with E-state index in [9.17, 15) is 9.59 Å². The van der Waals surface area contributed by atoms with Gasteiger partial charge >= 0.3 is 6.09 Å². The number of nitrogens with zero attached hydrogens (tertiary/aromatic N) is 2. The van der Waals surface area contributed by atoms with Crippen molar-refractivity contribution in [3.8, 4) is 11.5 Å². The molecule has 1 saturated heterocycles. The van der Waals surface area contributed by atoms with Crippen molar-refractivity contribution >= 4 is 12.0 Å². The van der Waals surface area contributed by atoms with Gasteiger partial charge in [0.2, 0.25) is 0 Å². The number of amides is 2. The van der Waals surface area contributed by atoms with Crippen molar-refractivity contribution in [3.63, 3.8) is 0 Å². The molecule has 0 bridgehead atoms. The molecule has 7 heteroatoms. The van der Waals surface area contributed by atoms with E-state index in [1.807, 2.05) is 6.07 Å². The van der Waals surface area contributed by atoms with Crippen molar-refractivity contribution in [2.45, 2.75) is 6.92 Å². The van der Waals surface area contributed by atoms with Crippen LogP contribution in [0.25, 0.3) is 0 Å². The molecule has 126 valence electrons. The maximum absolute atomic E-state index is 12.2. The number of carbonyl (C=O) groups is 2. The van der Waals surface area contributed by atoms with Gasteiger partial charge in [0.1, 0.15) is 11.5 Å². The first-order valence-corrected chi connectivity index (χ1v) is 7.60. The Morgan fingerprint density at radius 1 is 1.09 bits per heavy atom. The summed E-state index contributed by atoms with van der Waals surface area (Å²) in [5.41, 5.74) is 0. The molecule has 0 unspecified atom stereocenters. The average molecular weight is 322 g/mol. The molecule has 7 nitrogen and oxygen atoms in total. The average Bonchev–Trinajstić information content (AvgIpc) is 2.60. The number of methoxy groups -OCH3 is 1. The van der Waals surface area contributed by atoms with E-state index < -0.39 is 0 Å². The number of hydrogen-bond acceptors (Lipinski definition) is 5. The largest absolute Gasteiger partial charge is 0.497 e. The van der Waals surface area contributed by atoms with E-state index in [4.69, 9.17) is 14.2 Å². The molecule has 0 aromatic heterocycles. The molecule has 1 aromatic carbocycles. The van der Waals surface area contributed by atoms with Crippen LogP contribution >= 0.6 is 0 Å². The summed E-state index contributed by atoms with van der Waals surface area (Å²) in [7, 11) is 1.58. The molecule has 0 N–H and O–H groups in total. The Hall–Kier alpha value is -2.44. The second-order valence-corrected chi connectivity index (χ2v) is 5.03. The van der Waals surface area contributed by atoms with Crippen molar-refractivity contribution in [2.24, 2.45) is 0 Å². The SMILES string of the molecule is CCOC(=O)N1CCN(C(=O)COc2cccc(OC)c2)CC1. The molecule has 1 aliphatic heterocycles. The maximum Gasteiger partial charge on any atom is 0.409 e. The van der Waals surface area contributed by atoms with Gasteiger partial charge in [-0.25, -0.2) is 4.79 Å². The molecular weight excluding hydrogens is 300 g/mol. The fourth-order valence-corrected chi connectivity index (χ4v) is 2.28. The summed E-state index contributed by atoms with van der Waals surface area (Å²) in [4.78, 5) is 27.1. The lowest BCUT2D eigenvalue weighted by Crippen LogP contribution is -2.51. The minimum absolute atomic E-state index is 0.0351. The summed E-state index contributed by atoms with van der Waals surface area (Å²) in [5.74, 6) is 1.16. The topological polar surface area (TPSA) is 68.3 Å². The Balaban J connectivity index is 1.77. The second-order valence-electron chi connectivity index (χ2n) is 5.03. The Morgan fingerprint density at radius 3 is 2.39 bits per heavy atom. The normalized spacial score (nSPS) is 14.3. The highest BCUT2D eigenvalue weighted by Gasteiger charge is 2.24. The van der Waals surface area contributed by atoms with E-state index in [0.717, 1.165) is 0 Å². The van der Waals surface area contributed by atoms with E-state index in [2.05, 4.69) is 0 Å². The van der Waals surface area contributed by atoms with Crippen molar-refractivity contribution < 1.29 is 23.8 Å². The monoisotopic (exact) mass is 322 g/mol. The van der Waals surface area contributed by atoms with Crippen molar-refractivity contribution in [2.75, 3.05) is 46.5 Å². The number of piperazine rings is 1. The summed E-state index contributed by atoms with van der Waals surface area (Å²) in [5, 5.41) is 0. The van der Waals surface area contributed by atoms with Gasteiger partial charge in [-0.15, -0.1) is 0 Å². The van der Waals surface area contributed by atoms with Gasteiger partial charge < -0.3 is 24.0 Å². The van der Waals surface area contributed by atoms with Crippen LogP contribution in [0, 0.1) is 0 Å². The highest BCUT2D eigenvalue weighted by molar-refractivity contribution is 5.78. The molecule has 1 aliphatic rings. The summed E-state index contributed by atoms with van der Waals surface area (Å²) in [6, 6.07) is 7.11. The van der Waals surface area contributed by atoms with Gasteiger partial charge in [0.05, 0.1) is 13.7 Å². The van der Waals surface area contributed by atoms with Crippen LogP contribution in [0.5, 0.6) is 11.5 Å². The van der Waals surface area contributed by atoms with Crippen LogP contribution < -0.4 is 9.47 Å². The number of carbonyl (C=O) groups excluding carboxylic acids is 2. The standard InChI is InChI=1S/C16H22N2O5/c1-3-22-16(20)18-9-7-17(8-10-18)15(19)12-23-14-6-4-5-13(11-14)21-2/h4-6,11H,3,7-10,12H2,1-2H3. The fourth-order valence-electron chi connectivity index (χ4n) is 2.28. The van der Waals surface area contributed by atoms with Crippen molar-refractivity contribution in [1.29, 1.82) is 0 Å². The lowest BCUT2D eigenvalue weighted by Gasteiger charge is -2.33. The first kappa shape index (κ1) is 16.9. The third-order valence-electron chi connectivity index (χ3n) is 3.56. The molecule has 1 fully saturated rings. The lowest BCUT2D eigenvalue weighted by molar-refractivity contribution is -0.134. The fraction of sp³-hybridized carbons (Fsp3) is 0.500. The van der Waals surface area contributed by atoms with Crippen LogP contribution in [0.1, 0.15) is 6.92 Å². The molecule has 0 aliphatic carbocycles. The van der Waals surface area contributed by atoms with Gasteiger partial charge in [0.25, 0.3) is 5.91 Å².